The Bertz CT molecular complexity index is 1090. The van der Waals surface area contributed by atoms with Gasteiger partial charge in [0.25, 0.3) is 5.91 Å². The molecule has 2 heterocycles. The number of halogens is 1. The van der Waals surface area contributed by atoms with E-state index in [2.05, 4.69) is 20.5 Å². The van der Waals surface area contributed by atoms with E-state index in [1.165, 1.54) is 12.1 Å². The van der Waals surface area contributed by atoms with Crippen LogP contribution in [0.5, 0.6) is 0 Å². The summed E-state index contributed by atoms with van der Waals surface area (Å²) in [5, 5.41) is 5.84. The van der Waals surface area contributed by atoms with E-state index in [1.54, 1.807) is 48.8 Å². The van der Waals surface area contributed by atoms with E-state index in [-0.39, 0.29) is 23.5 Å². The second-order valence-electron chi connectivity index (χ2n) is 8.28. The Morgan fingerprint density at radius 2 is 1.85 bits per heavy atom. The van der Waals surface area contributed by atoms with Crippen molar-refractivity contribution in [2.75, 3.05) is 18.4 Å². The zero-order valence-electron chi connectivity index (χ0n) is 18.3. The number of rotatable bonds is 7. The summed E-state index contributed by atoms with van der Waals surface area (Å²) in [5.41, 5.74) is 2.85. The van der Waals surface area contributed by atoms with Crippen LogP contribution in [-0.4, -0.2) is 34.8 Å². The van der Waals surface area contributed by atoms with Gasteiger partial charge >= 0.3 is 0 Å². The normalized spacial score (nSPS) is 16.2. The largest absolute Gasteiger partial charge is 0.348 e. The van der Waals surface area contributed by atoms with Crippen molar-refractivity contribution in [2.24, 2.45) is 5.92 Å². The average molecular weight is 447 g/mol. The molecular weight excluding hydrogens is 419 g/mol. The van der Waals surface area contributed by atoms with Crippen molar-refractivity contribution in [3.05, 3.63) is 95.6 Å². The first-order valence-corrected chi connectivity index (χ1v) is 11.1. The molecule has 2 N–H and O–H groups in total. The lowest BCUT2D eigenvalue weighted by Crippen LogP contribution is -2.40. The average Bonchev–Trinajstić information content (AvgIpc) is 2.85. The Kier molecular flexibility index (Phi) is 7.42. The summed E-state index contributed by atoms with van der Waals surface area (Å²) in [6, 6.07) is 17.2. The number of benzene rings is 2. The molecule has 7 heteroatoms. The summed E-state index contributed by atoms with van der Waals surface area (Å²) in [6.45, 7) is 2.56. The van der Waals surface area contributed by atoms with Gasteiger partial charge in [0.15, 0.2) is 0 Å². The maximum absolute atomic E-state index is 13.2. The van der Waals surface area contributed by atoms with E-state index < -0.39 is 0 Å². The third-order valence-electron chi connectivity index (χ3n) is 5.80. The molecule has 6 nitrogen and oxygen atoms in total. The lowest BCUT2D eigenvalue weighted by molar-refractivity contribution is -0.121. The van der Waals surface area contributed by atoms with Gasteiger partial charge in [0.1, 0.15) is 5.82 Å². The smallest absolute Gasteiger partial charge is 0.253 e. The first-order chi connectivity index (χ1) is 16.1. The quantitative estimate of drug-likeness (QED) is 0.575. The molecule has 1 aliphatic heterocycles. The maximum Gasteiger partial charge on any atom is 0.253 e. The van der Waals surface area contributed by atoms with Crippen LogP contribution in [0.4, 0.5) is 10.1 Å². The predicted octanol–water partition coefficient (Wildman–Crippen LogP) is 4.00. The highest BCUT2D eigenvalue weighted by molar-refractivity contribution is 6.04. The predicted molar refractivity (Wildman–Crippen MR) is 125 cm³/mol. The van der Waals surface area contributed by atoms with Crippen LogP contribution in [0.2, 0.25) is 0 Å². The van der Waals surface area contributed by atoms with Gasteiger partial charge in [-0.2, -0.15) is 0 Å². The van der Waals surface area contributed by atoms with Crippen molar-refractivity contribution < 1.29 is 14.0 Å². The fraction of sp³-hybridized carbons (Fsp3) is 0.269. The molecule has 4 rings (SSSR count). The molecule has 0 radical (unpaired) electrons. The summed E-state index contributed by atoms with van der Waals surface area (Å²) in [4.78, 5) is 32.1. The van der Waals surface area contributed by atoms with Crippen LogP contribution in [-0.2, 0) is 17.9 Å². The highest BCUT2D eigenvalue weighted by atomic mass is 19.1. The lowest BCUT2D eigenvalue weighted by atomic mass is 9.96. The molecule has 170 valence electrons. The Balaban J connectivity index is 1.36. The van der Waals surface area contributed by atoms with Crippen molar-refractivity contribution in [2.45, 2.75) is 25.9 Å². The Morgan fingerprint density at radius 3 is 2.64 bits per heavy atom. The second-order valence-corrected chi connectivity index (χ2v) is 8.28. The molecule has 0 bridgehead atoms. The summed E-state index contributed by atoms with van der Waals surface area (Å²) in [5.74, 6) is -0.772. The summed E-state index contributed by atoms with van der Waals surface area (Å²) in [6.07, 6.45) is 5.09. The maximum atomic E-state index is 13.2. The SMILES string of the molecule is O=C(NCc1cccnc1)c1ccccc1NC(=O)[C@@H]1CCCN(Cc2ccc(F)cc2)C1. The number of nitrogens with one attached hydrogen (secondary N) is 2. The van der Waals surface area contributed by atoms with Crippen LogP contribution >= 0.6 is 0 Å². The Labute approximate surface area is 192 Å². The molecule has 2 aromatic carbocycles. The summed E-state index contributed by atoms with van der Waals surface area (Å²) >= 11 is 0. The monoisotopic (exact) mass is 446 g/mol. The number of anilines is 1. The zero-order valence-corrected chi connectivity index (χ0v) is 18.3. The number of nitrogens with zero attached hydrogens (tertiary/aromatic N) is 2. The van der Waals surface area contributed by atoms with Gasteiger partial charge in [0.05, 0.1) is 17.2 Å². The molecule has 1 saturated heterocycles. The molecule has 0 spiro atoms. The van der Waals surface area contributed by atoms with Gasteiger partial charge in [0.2, 0.25) is 5.91 Å². The number of likely N-dealkylation sites (tertiary alicyclic amines) is 1. The molecule has 1 fully saturated rings. The third kappa shape index (κ3) is 6.23. The topological polar surface area (TPSA) is 74.3 Å². The van der Waals surface area contributed by atoms with Crippen LogP contribution in [0.25, 0.3) is 0 Å². The molecule has 0 unspecified atom stereocenters. The van der Waals surface area contributed by atoms with Crippen LogP contribution in [0, 0.1) is 11.7 Å². The minimum absolute atomic E-state index is 0.0914. The fourth-order valence-corrected chi connectivity index (χ4v) is 4.07. The van der Waals surface area contributed by atoms with E-state index in [4.69, 9.17) is 0 Å². The van der Waals surface area contributed by atoms with E-state index >= 15 is 0 Å². The zero-order chi connectivity index (χ0) is 23.0. The Morgan fingerprint density at radius 1 is 1.03 bits per heavy atom. The highest BCUT2D eigenvalue weighted by Gasteiger charge is 2.26. The van der Waals surface area contributed by atoms with E-state index in [0.717, 1.165) is 30.5 Å². The number of carbonyl (C=O) groups is 2. The number of hydrogen-bond donors (Lipinski definition) is 2. The van der Waals surface area contributed by atoms with E-state index in [1.807, 2.05) is 12.1 Å². The van der Waals surface area contributed by atoms with Crippen molar-refractivity contribution >= 4 is 17.5 Å². The Hall–Kier alpha value is -3.58. The van der Waals surface area contributed by atoms with Gasteiger partial charge in [-0.3, -0.25) is 19.5 Å². The molecule has 33 heavy (non-hydrogen) atoms. The first kappa shape index (κ1) is 22.6. The number of piperidine rings is 1. The van der Waals surface area contributed by atoms with Gasteiger partial charge in [0, 0.05) is 32.0 Å². The van der Waals surface area contributed by atoms with Gasteiger partial charge in [-0.15, -0.1) is 0 Å². The number of hydrogen-bond acceptors (Lipinski definition) is 4. The standard InChI is InChI=1S/C26H27FN4O2/c27-22-11-9-19(10-12-22)17-31-14-4-6-21(18-31)25(32)30-24-8-2-1-7-23(24)26(33)29-16-20-5-3-13-28-15-20/h1-3,5,7-13,15,21H,4,6,14,16-18H2,(H,29,33)(H,30,32)/t21-/m1/s1. The molecule has 1 aliphatic rings. The lowest BCUT2D eigenvalue weighted by Gasteiger charge is -2.32. The molecule has 1 atom stereocenters. The molecule has 0 saturated carbocycles. The van der Waals surface area contributed by atoms with Crippen molar-refractivity contribution in [1.29, 1.82) is 0 Å². The van der Waals surface area contributed by atoms with Crippen molar-refractivity contribution in [3.8, 4) is 0 Å². The number of amides is 2. The summed E-state index contributed by atoms with van der Waals surface area (Å²) in [7, 11) is 0. The molecule has 2 amide bonds. The van der Waals surface area contributed by atoms with Crippen LogP contribution < -0.4 is 10.6 Å². The molecule has 1 aromatic heterocycles. The number of para-hydroxylation sites is 1. The van der Waals surface area contributed by atoms with Crippen LogP contribution in [0.1, 0.15) is 34.3 Å². The second kappa shape index (κ2) is 10.8. The summed E-state index contributed by atoms with van der Waals surface area (Å²) < 4.78 is 13.2. The minimum atomic E-state index is -0.253. The first-order valence-electron chi connectivity index (χ1n) is 11.1. The molecular formula is C26H27FN4O2. The fourth-order valence-electron chi connectivity index (χ4n) is 4.07. The minimum Gasteiger partial charge on any atom is -0.348 e. The van der Waals surface area contributed by atoms with E-state index in [9.17, 15) is 14.0 Å². The van der Waals surface area contributed by atoms with Crippen molar-refractivity contribution in [1.82, 2.24) is 15.2 Å². The van der Waals surface area contributed by atoms with Crippen LogP contribution in [0.3, 0.4) is 0 Å². The van der Waals surface area contributed by atoms with Gasteiger partial charge in [-0.25, -0.2) is 4.39 Å². The number of pyridine rings is 1. The number of carbonyl (C=O) groups excluding carboxylic acids is 2. The number of aromatic nitrogens is 1. The van der Waals surface area contributed by atoms with Gasteiger partial charge in [-0.05, 0) is 60.8 Å². The molecule has 0 aliphatic carbocycles. The van der Waals surface area contributed by atoms with E-state index in [0.29, 0.717) is 30.9 Å². The van der Waals surface area contributed by atoms with Gasteiger partial charge < -0.3 is 10.6 Å². The molecule has 3 aromatic rings. The third-order valence-corrected chi connectivity index (χ3v) is 5.80. The highest BCUT2D eigenvalue weighted by Crippen LogP contribution is 2.22. The van der Waals surface area contributed by atoms with Gasteiger partial charge in [-0.1, -0.05) is 30.3 Å². The van der Waals surface area contributed by atoms with Crippen molar-refractivity contribution in [3.63, 3.8) is 0 Å². The van der Waals surface area contributed by atoms with Crippen LogP contribution in [0.15, 0.2) is 73.1 Å².